The molecule has 1 heterocycles. The van der Waals surface area contributed by atoms with Gasteiger partial charge in [0.15, 0.2) is 0 Å². The summed E-state index contributed by atoms with van der Waals surface area (Å²) < 4.78 is 23.7. The monoisotopic (exact) mass is 414 g/mol. The van der Waals surface area contributed by atoms with Crippen LogP contribution >= 0.6 is 20.2 Å². The molecule has 0 saturated heterocycles. The van der Waals surface area contributed by atoms with E-state index in [0.717, 1.165) is 7.14 Å². The van der Waals surface area contributed by atoms with E-state index in [0.29, 0.717) is 22.8 Å². The van der Waals surface area contributed by atoms with Crippen molar-refractivity contribution in [2.75, 3.05) is 21.3 Å². The van der Waals surface area contributed by atoms with Crippen molar-refractivity contribution in [3.8, 4) is 17.2 Å². The standard InChI is InChI=1S/C16H15IO5/c1-19-10-8-13(20-2)15(14(9-10)21-3)17-12-7-5-4-6-11(12)16(18)22-17/h4-9H,1-3H3. The molecular weight excluding hydrogens is 399 g/mol. The maximum atomic E-state index is 12.1. The normalized spacial score (nSPS) is 14.3. The van der Waals surface area contributed by atoms with Crippen molar-refractivity contribution in [1.29, 1.82) is 0 Å². The Morgan fingerprint density at radius 2 is 1.59 bits per heavy atom. The fraction of sp³-hybridized carbons (Fsp3) is 0.188. The number of rotatable bonds is 4. The van der Waals surface area contributed by atoms with Gasteiger partial charge in [-0.3, -0.25) is 0 Å². The second-order valence-electron chi connectivity index (χ2n) is 4.44. The van der Waals surface area contributed by atoms with Crippen molar-refractivity contribution in [3.63, 3.8) is 0 Å². The van der Waals surface area contributed by atoms with E-state index in [9.17, 15) is 4.79 Å². The van der Waals surface area contributed by atoms with E-state index in [4.69, 9.17) is 17.3 Å². The van der Waals surface area contributed by atoms with Crippen molar-refractivity contribution < 1.29 is 22.1 Å². The van der Waals surface area contributed by atoms with Gasteiger partial charge in [0.1, 0.15) is 0 Å². The van der Waals surface area contributed by atoms with Crippen molar-refractivity contribution in [1.82, 2.24) is 0 Å². The van der Waals surface area contributed by atoms with Gasteiger partial charge >= 0.3 is 136 Å². The minimum atomic E-state index is -2.41. The summed E-state index contributed by atoms with van der Waals surface area (Å²) in [6, 6.07) is 11.0. The SMILES string of the molecule is COc1cc(OC)c(I2OC(=O)c3ccccc32)c(OC)c1. The molecule has 0 atom stereocenters. The van der Waals surface area contributed by atoms with Crippen LogP contribution in [-0.4, -0.2) is 27.3 Å². The van der Waals surface area contributed by atoms with Gasteiger partial charge in [-0.1, -0.05) is 0 Å². The summed E-state index contributed by atoms with van der Waals surface area (Å²) in [4.78, 5) is 12.1. The zero-order valence-corrected chi connectivity index (χ0v) is 14.5. The average Bonchev–Trinajstić information content (AvgIpc) is 2.90. The molecule has 22 heavy (non-hydrogen) atoms. The molecule has 2 aromatic carbocycles. The summed E-state index contributed by atoms with van der Waals surface area (Å²) in [7, 11) is 4.74. The second-order valence-corrected chi connectivity index (χ2v) is 8.54. The Morgan fingerprint density at radius 3 is 2.18 bits per heavy atom. The molecule has 1 aliphatic heterocycles. The first-order valence-electron chi connectivity index (χ1n) is 6.51. The van der Waals surface area contributed by atoms with E-state index in [-0.39, 0.29) is 5.97 Å². The maximum absolute atomic E-state index is 12.1. The molecule has 0 aliphatic carbocycles. The van der Waals surface area contributed by atoms with E-state index in [1.165, 1.54) is 0 Å². The van der Waals surface area contributed by atoms with Crippen LogP contribution < -0.4 is 14.2 Å². The molecule has 6 heteroatoms. The molecule has 0 bridgehead atoms. The number of halogens is 1. The van der Waals surface area contributed by atoms with Gasteiger partial charge in [-0.15, -0.1) is 0 Å². The number of hydrogen-bond donors (Lipinski definition) is 0. The summed E-state index contributed by atoms with van der Waals surface area (Å²) in [6.07, 6.45) is 0. The minimum absolute atomic E-state index is 0.277. The number of fused-ring (bicyclic) bond motifs is 1. The van der Waals surface area contributed by atoms with Crippen molar-refractivity contribution in [3.05, 3.63) is 49.1 Å². The molecule has 2 aromatic rings. The number of carbonyl (C=O) groups excluding carboxylic acids is 1. The Labute approximate surface area is 136 Å². The number of methoxy groups -OCH3 is 3. The Hall–Kier alpha value is -1.96. The third-order valence-electron chi connectivity index (χ3n) is 3.25. The van der Waals surface area contributed by atoms with Gasteiger partial charge < -0.3 is 0 Å². The number of benzene rings is 2. The van der Waals surface area contributed by atoms with Crippen LogP contribution in [0.25, 0.3) is 0 Å². The zero-order valence-electron chi connectivity index (χ0n) is 12.4. The van der Waals surface area contributed by atoms with Crippen molar-refractivity contribution in [2.24, 2.45) is 0 Å². The Bertz CT molecular complexity index is 703. The summed E-state index contributed by atoms with van der Waals surface area (Å²) in [6.45, 7) is 0. The third kappa shape index (κ3) is 2.37. The Morgan fingerprint density at radius 1 is 0.955 bits per heavy atom. The van der Waals surface area contributed by atoms with Crippen LogP contribution in [-0.2, 0) is 3.07 Å². The number of ether oxygens (including phenoxy) is 3. The summed E-state index contributed by atoms with van der Waals surface area (Å²) in [5, 5.41) is 0. The van der Waals surface area contributed by atoms with Crippen molar-refractivity contribution in [2.45, 2.75) is 0 Å². The molecule has 0 N–H and O–H groups in total. The van der Waals surface area contributed by atoms with Crippen LogP contribution in [0.2, 0.25) is 0 Å². The zero-order chi connectivity index (χ0) is 15.7. The average molecular weight is 414 g/mol. The van der Waals surface area contributed by atoms with E-state index < -0.39 is 20.2 Å². The van der Waals surface area contributed by atoms with Gasteiger partial charge in [0.05, 0.1) is 0 Å². The fourth-order valence-electron chi connectivity index (χ4n) is 2.20. The van der Waals surface area contributed by atoms with Gasteiger partial charge in [-0.05, 0) is 0 Å². The summed E-state index contributed by atoms with van der Waals surface area (Å²) >= 11 is -2.41. The van der Waals surface area contributed by atoms with E-state index in [2.05, 4.69) is 0 Å². The second kappa shape index (κ2) is 6.04. The molecule has 0 radical (unpaired) electrons. The first kappa shape index (κ1) is 15.0. The molecule has 0 saturated carbocycles. The molecule has 0 aromatic heterocycles. The quantitative estimate of drug-likeness (QED) is 0.719. The van der Waals surface area contributed by atoms with E-state index >= 15 is 0 Å². The van der Waals surface area contributed by atoms with E-state index in [1.807, 2.05) is 18.2 Å². The first-order chi connectivity index (χ1) is 10.7. The Kier molecular flexibility index (Phi) is 4.10. The predicted molar refractivity (Wildman–Crippen MR) is 89.4 cm³/mol. The predicted octanol–water partition coefficient (Wildman–Crippen LogP) is 3.34. The summed E-state index contributed by atoms with van der Waals surface area (Å²) in [5.74, 6) is 1.59. The number of carbonyl (C=O) groups is 1. The first-order valence-corrected chi connectivity index (χ1v) is 9.55. The van der Waals surface area contributed by atoms with Crippen LogP contribution in [0.5, 0.6) is 17.2 Å². The van der Waals surface area contributed by atoms with Crippen LogP contribution in [0.15, 0.2) is 36.4 Å². The number of hydrogen-bond acceptors (Lipinski definition) is 5. The van der Waals surface area contributed by atoms with Gasteiger partial charge in [0, 0.05) is 0 Å². The van der Waals surface area contributed by atoms with Gasteiger partial charge in [-0.2, -0.15) is 0 Å². The van der Waals surface area contributed by atoms with Gasteiger partial charge in [0.25, 0.3) is 0 Å². The molecule has 0 spiro atoms. The molecule has 0 amide bonds. The molecular formula is C16H15IO5. The molecule has 1 aliphatic rings. The molecule has 116 valence electrons. The topological polar surface area (TPSA) is 54.0 Å². The van der Waals surface area contributed by atoms with Crippen LogP contribution in [0, 0.1) is 7.14 Å². The molecule has 0 unspecified atom stereocenters. The van der Waals surface area contributed by atoms with E-state index in [1.54, 1.807) is 39.5 Å². The van der Waals surface area contributed by atoms with Gasteiger partial charge in [0.2, 0.25) is 0 Å². The van der Waals surface area contributed by atoms with Crippen LogP contribution in [0.1, 0.15) is 10.4 Å². The molecule has 3 rings (SSSR count). The molecule has 0 fully saturated rings. The molecule has 5 nitrogen and oxygen atoms in total. The van der Waals surface area contributed by atoms with Crippen LogP contribution in [0.4, 0.5) is 0 Å². The van der Waals surface area contributed by atoms with Gasteiger partial charge in [-0.25, -0.2) is 0 Å². The fourth-order valence-corrected chi connectivity index (χ4v) is 7.06. The van der Waals surface area contributed by atoms with Crippen LogP contribution in [0.3, 0.4) is 0 Å². The summed E-state index contributed by atoms with van der Waals surface area (Å²) in [5.41, 5.74) is 0.632. The Balaban J connectivity index is 2.19. The van der Waals surface area contributed by atoms with Crippen molar-refractivity contribution >= 4 is 26.2 Å². The third-order valence-corrected chi connectivity index (χ3v) is 8.13.